The maximum Gasteiger partial charge on any atom is 0.326 e. The molecule has 3 fully saturated rings. The van der Waals surface area contributed by atoms with Crippen LogP contribution in [0.3, 0.4) is 0 Å². The van der Waals surface area contributed by atoms with E-state index in [9.17, 15) is 14.4 Å². The summed E-state index contributed by atoms with van der Waals surface area (Å²) in [6.07, 6.45) is 6.38. The third-order valence-corrected chi connectivity index (χ3v) is 9.68. The van der Waals surface area contributed by atoms with Gasteiger partial charge in [0.1, 0.15) is 5.75 Å². The number of benzene rings is 1. The lowest BCUT2D eigenvalue weighted by atomic mass is 9.86. The molecule has 4 N–H and O–H groups in total. The lowest BCUT2D eigenvalue weighted by Gasteiger charge is -2.46. The number of urea groups is 1. The summed E-state index contributed by atoms with van der Waals surface area (Å²) in [6.45, 7) is 4.54. The number of amides is 4. The van der Waals surface area contributed by atoms with E-state index < -0.39 is 0 Å². The summed E-state index contributed by atoms with van der Waals surface area (Å²) < 4.78 is 5.90. The van der Waals surface area contributed by atoms with E-state index in [1.54, 1.807) is 11.1 Å². The Hall–Kier alpha value is -3.57. The van der Waals surface area contributed by atoms with Crippen molar-refractivity contribution in [3.63, 3.8) is 0 Å². The molecule has 216 valence electrons. The van der Waals surface area contributed by atoms with Gasteiger partial charge in [0, 0.05) is 36.2 Å². The molecule has 2 aromatic rings. The van der Waals surface area contributed by atoms with Crippen LogP contribution in [0.2, 0.25) is 0 Å². The molecule has 0 bridgehead atoms. The van der Waals surface area contributed by atoms with Crippen LogP contribution in [0.4, 0.5) is 10.5 Å². The first kappa shape index (κ1) is 27.6. The van der Waals surface area contributed by atoms with Crippen LogP contribution in [0.25, 0.3) is 0 Å². The molecule has 4 heterocycles. The Balaban J connectivity index is 1.19. The number of para-hydroxylation sites is 1. The van der Waals surface area contributed by atoms with Crippen molar-refractivity contribution in [3.05, 3.63) is 58.8 Å². The molecular weight excluding hydrogens is 540 g/mol. The zero-order valence-electron chi connectivity index (χ0n) is 23.3. The van der Waals surface area contributed by atoms with E-state index in [1.165, 1.54) is 11.8 Å². The number of aryl methyl sites for hydroxylation is 1. The minimum absolute atomic E-state index is 0.00972. The zero-order chi connectivity index (χ0) is 28.5. The smallest absolute Gasteiger partial charge is 0.326 e. The van der Waals surface area contributed by atoms with Crippen molar-refractivity contribution in [2.24, 2.45) is 5.92 Å². The summed E-state index contributed by atoms with van der Waals surface area (Å²) in [5.41, 5.74) is 2.32. The minimum atomic E-state index is -0.253. The molecule has 3 unspecified atom stereocenters. The SMILES string of the molecule is CCC(=O)N[C@H]1CCC[C@@H](NC(=O)C2=C3NC(=O)N(c4cnc(Oc5ccccc5)cc4C)C4CCNC(S2)C34)C1. The number of piperidine rings is 1. The molecule has 5 atom stereocenters. The Kier molecular flexibility index (Phi) is 7.90. The van der Waals surface area contributed by atoms with Crippen LogP contribution in [0.1, 0.15) is 51.0 Å². The summed E-state index contributed by atoms with van der Waals surface area (Å²) in [5.74, 6) is 1.00. The fourth-order valence-corrected chi connectivity index (χ4v) is 7.77. The standard InChI is InChI=1S/C30H36N6O4S/c1-3-23(37)33-18-8-7-9-19(15-18)34-28(38)27-26-25-21(12-13-31-29(25)41-27)36(30(39)35-26)22-16-32-24(14-17(22)2)40-20-10-5-4-6-11-20/h4-6,10-11,14,16,18-19,21,25,29,31H,3,7-9,12-13,15H2,1-2H3,(H,33,37)(H,34,38)(H,35,39)/t18-,19+,21?,25?,29?/m0/s1. The second kappa shape index (κ2) is 11.7. The average Bonchev–Trinajstić information content (AvgIpc) is 3.34. The third kappa shape index (κ3) is 5.65. The topological polar surface area (TPSA) is 125 Å². The number of nitrogens with one attached hydrogen (secondary N) is 4. The Labute approximate surface area is 244 Å². The maximum atomic E-state index is 13.6. The van der Waals surface area contributed by atoms with Crippen LogP contribution in [0.15, 0.2) is 53.2 Å². The van der Waals surface area contributed by atoms with Crippen molar-refractivity contribution >= 4 is 35.3 Å². The molecule has 11 heteroatoms. The fourth-order valence-electron chi connectivity index (χ4n) is 6.37. The number of nitrogens with zero attached hydrogens (tertiary/aromatic N) is 2. The first-order chi connectivity index (χ1) is 19.9. The zero-order valence-corrected chi connectivity index (χ0v) is 24.1. The van der Waals surface area contributed by atoms with Crippen LogP contribution in [-0.2, 0) is 9.59 Å². The van der Waals surface area contributed by atoms with Gasteiger partial charge >= 0.3 is 6.03 Å². The number of aromatic nitrogens is 1. The van der Waals surface area contributed by atoms with Gasteiger partial charge in [-0.05, 0) is 63.3 Å². The summed E-state index contributed by atoms with van der Waals surface area (Å²) in [5, 5.41) is 12.9. The van der Waals surface area contributed by atoms with Crippen molar-refractivity contribution in [2.45, 2.75) is 75.9 Å². The molecular formula is C30H36N6O4S. The lowest BCUT2D eigenvalue weighted by molar-refractivity contribution is -0.121. The highest BCUT2D eigenvalue weighted by Crippen LogP contribution is 2.48. The van der Waals surface area contributed by atoms with Crippen molar-refractivity contribution in [1.82, 2.24) is 26.3 Å². The van der Waals surface area contributed by atoms with Crippen LogP contribution in [0.5, 0.6) is 11.6 Å². The normalized spacial score (nSPS) is 27.1. The number of hydrogen-bond donors (Lipinski definition) is 4. The third-order valence-electron chi connectivity index (χ3n) is 8.33. The molecule has 4 aliphatic rings. The molecule has 1 saturated carbocycles. The number of rotatable bonds is 7. The maximum absolute atomic E-state index is 13.6. The predicted molar refractivity (Wildman–Crippen MR) is 157 cm³/mol. The van der Waals surface area contributed by atoms with Crippen LogP contribution in [0, 0.1) is 12.8 Å². The van der Waals surface area contributed by atoms with Crippen molar-refractivity contribution in [3.8, 4) is 11.6 Å². The van der Waals surface area contributed by atoms with E-state index in [2.05, 4.69) is 26.3 Å². The van der Waals surface area contributed by atoms with E-state index in [-0.39, 0.29) is 47.3 Å². The second-order valence-corrected chi connectivity index (χ2v) is 12.2. The quantitative estimate of drug-likeness (QED) is 0.394. The van der Waals surface area contributed by atoms with Crippen molar-refractivity contribution in [1.29, 1.82) is 0 Å². The predicted octanol–water partition coefficient (Wildman–Crippen LogP) is 3.93. The summed E-state index contributed by atoms with van der Waals surface area (Å²) in [4.78, 5) is 45.9. The molecule has 10 nitrogen and oxygen atoms in total. The first-order valence-corrected chi connectivity index (χ1v) is 15.3. The van der Waals surface area contributed by atoms with E-state index in [0.29, 0.717) is 28.7 Å². The number of pyridine rings is 1. The van der Waals surface area contributed by atoms with Gasteiger partial charge in [-0.15, -0.1) is 0 Å². The number of carbonyl (C=O) groups excluding carboxylic acids is 3. The van der Waals surface area contributed by atoms with Gasteiger partial charge in [0.2, 0.25) is 11.8 Å². The molecule has 6 rings (SSSR count). The number of anilines is 1. The molecule has 0 spiro atoms. The number of thioether (sulfide) groups is 1. The van der Waals surface area contributed by atoms with E-state index in [1.807, 2.05) is 50.2 Å². The van der Waals surface area contributed by atoms with Gasteiger partial charge in [-0.25, -0.2) is 9.78 Å². The molecule has 0 radical (unpaired) electrons. The van der Waals surface area contributed by atoms with Gasteiger partial charge in [0.05, 0.1) is 28.2 Å². The van der Waals surface area contributed by atoms with Gasteiger partial charge < -0.3 is 26.0 Å². The average molecular weight is 577 g/mol. The van der Waals surface area contributed by atoms with Gasteiger partial charge in [0.25, 0.3) is 5.91 Å². The minimum Gasteiger partial charge on any atom is -0.439 e. The molecule has 3 aliphatic heterocycles. The van der Waals surface area contributed by atoms with Gasteiger partial charge in [0.15, 0.2) is 0 Å². The lowest BCUT2D eigenvalue weighted by Crippen LogP contribution is -2.62. The van der Waals surface area contributed by atoms with Crippen LogP contribution >= 0.6 is 11.8 Å². The Bertz CT molecular complexity index is 1370. The largest absolute Gasteiger partial charge is 0.439 e. The Morgan fingerprint density at radius 2 is 1.93 bits per heavy atom. The molecule has 2 saturated heterocycles. The Morgan fingerprint density at radius 1 is 1.15 bits per heavy atom. The van der Waals surface area contributed by atoms with Gasteiger partial charge in [-0.1, -0.05) is 36.9 Å². The van der Waals surface area contributed by atoms with E-state index >= 15 is 0 Å². The van der Waals surface area contributed by atoms with Gasteiger partial charge in [-0.3, -0.25) is 14.5 Å². The van der Waals surface area contributed by atoms with E-state index in [0.717, 1.165) is 49.9 Å². The van der Waals surface area contributed by atoms with Crippen molar-refractivity contribution < 1.29 is 19.1 Å². The summed E-state index contributed by atoms with van der Waals surface area (Å²) in [7, 11) is 0. The van der Waals surface area contributed by atoms with E-state index in [4.69, 9.17) is 4.74 Å². The molecule has 1 aromatic heterocycles. The van der Waals surface area contributed by atoms with Crippen LogP contribution in [-0.4, -0.2) is 52.9 Å². The summed E-state index contributed by atoms with van der Waals surface area (Å²) >= 11 is 1.50. The highest BCUT2D eigenvalue weighted by atomic mass is 32.2. The Morgan fingerprint density at radius 3 is 2.68 bits per heavy atom. The second-order valence-electron chi connectivity index (χ2n) is 11.1. The first-order valence-electron chi connectivity index (χ1n) is 14.5. The monoisotopic (exact) mass is 576 g/mol. The highest BCUT2D eigenvalue weighted by Gasteiger charge is 2.52. The number of ether oxygens (including phenoxy) is 1. The van der Waals surface area contributed by atoms with Gasteiger partial charge in [-0.2, -0.15) is 0 Å². The summed E-state index contributed by atoms with van der Waals surface area (Å²) in [6, 6.07) is 11.0. The molecule has 1 aromatic carbocycles. The molecule has 1 aliphatic carbocycles. The molecule has 4 amide bonds. The number of carbonyl (C=O) groups is 3. The molecule has 41 heavy (non-hydrogen) atoms. The van der Waals surface area contributed by atoms with Crippen LogP contribution < -0.4 is 30.9 Å². The highest BCUT2D eigenvalue weighted by molar-refractivity contribution is 8.04. The number of hydrogen-bond acceptors (Lipinski definition) is 7. The van der Waals surface area contributed by atoms with Crippen molar-refractivity contribution in [2.75, 3.05) is 11.4 Å². The fraction of sp³-hybridized carbons (Fsp3) is 0.467.